The van der Waals surface area contributed by atoms with E-state index in [-0.39, 0.29) is 17.5 Å². The summed E-state index contributed by atoms with van der Waals surface area (Å²) in [6.45, 7) is 19.8. The van der Waals surface area contributed by atoms with E-state index in [2.05, 4.69) is 48.5 Å². The molecule has 9 unspecified atom stereocenters. The topological polar surface area (TPSA) is 26.3 Å². The first-order valence-electron chi connectivity index (χ1n) is 14.8. The van der Waals surface area contributed by atoms with Gasteiger partial charge in [-0.25, -0.2) is 0 Å². The lowest BCUT2D eigenvalue weighted by atomic mass is 9.32. The smallest absolute Gasteiger partial charge is 0.302 e. The van der Waals surface area contributed by atoms with Gasteiger partial charge in [-0.3, -0.25) is 4.79 Å². The molecular weight excluding hydrogens is 416 g/mol. The Labute approximate surface area is 209 Å². The third kappa shape index (κ3) is 2.68. The summed E-state index contributed by atoms with van der Waals surface area (Å²) < 4.78 is 5.93. The predicted octanol–water partition coefficient (Wildman–Crippen LogP) is 8.57. The summed E-state index contributed by atoms with van der Waals surface area (Å²) in [6.07, 6.45) is 17.0. The Morgan fingerprint density at radius 3 is 2.03 bits per heavy atom. The summed E-state index contributed by atoms with van der Waals surface area (Å²) in [5.41, 5.74) is 3.33. The number of esters is 1. The normalized spacial score (nSPS) is 56.6. The van der Waals surface area contributed by atoms with Crippen LogP contribution in [0.5, 0.6) is 0 Å². The molecular formula is C32H52O2. The molecule has 0 radical (unpaired) electrons. The first-order chi connectivity index (χ1) is 15.7. The van der Waals surface area contributed by atoms with Crippen LogP contribution in [0.25, 0.3) is 0 Å². The molecule has 0 aromatic rings. The molecule has 6 rings (SSSR count). The molecule has 0 aliphatic heterocycles. The number of hydrogen-bond acceptors (Lipinski definition) is 2. The van der Waals surface area contributed by atoms with Gasteiger partial charge in [0, 0.05) is 12.3 Å². The zero-order valence-corrected chi connectivity index (χ0v) is 23.6. The molecule has 0 aromatic carbocycles. The fourth-order valence-electron chi connectivity index (χ4n) is 12.9. The highest BCUT2D eigenvalue weighted by Crippen LogP contribution is 2.88. The van der Waals surface area contributed by atoms with Crippen molar-refractivity contribution in [3.05, 3.63) is 0 Å². The molecule has 2 heteroatoms. The van der Waals surface area contributed by atoms with Gasteiger partial charge in [0.25, 0.3) is 0 Å². The lowest BCUT2D eigenvalue weighted by Gasteiger charge is -2.72. The molecule has 6 aliphatic carbocycles. The second kappa shape index (κ2) is 6.66. The van der Waals surface area contributed by atoms with Crippen LogP contribution in [0.3, 0.4) is 0 Å². The van der Waals surface area contributed by atoms with Crippen molar-refractivity contribution in [1.82, 2.24) is 0 Å². The van der Waals surface area contributed by atoms with E-state index in [0.29, 0.717) is 33.0 Å². The zero-order chi connectivity index (χ0) is 24.6. The Bertz CT molecular complexity index is 903. The molecule has 6 saturated carbocycles. The number of rotatable bonds is 1. The van der Waals surface area contributed by atoms with E-state index in [1.807, 2.05) is 0 Å². The Kier molecular flexibility index (Phi) is 4.67. The van der Waals surface area contributed by atoms with Crippen LogP contribution >= 0.6 is 0 Å². The fraction of sp³-hybridized carbons (Fsp3) is 0.969. The molecule has 0 spiro atoms. The van der Waals surface area contributed by atoms with Crippen LogP contribution in [0.1, 0.15) is 132 Å². The van der Waals surface area contributed by atoms with E-state index in [1.54, 1.807) is 13.3 Å². The lowest BCUT2D eigenvalue weighted by Crippen LogP contribution is -2.66. The quantitative estimate of drug-likeness (QED) is 0.360. The third-order valence-electron chi connectivity index (χ3n) is 14.6. The van der Waals surface area contributed by atoms with Crippen molar-refractivity contribution in [2.75, 3.05) is 0 Å². The summed E-state index contributed by atoms with van der Waals surface area (Å²) in [7, 11) is 0. The summed E-state index contributed by atoms with van der Waals surface area (Å²) in [5.74, 6) is 2.32. The van der Waals surface area contributed by atoms with Crippen LogP contribution < -0.4 is 0 Å². The zero-order valence-electron chi connectivity index (χ0n) is 23.6. The molecule has 0 aromatic heterocycles. The molecule has 0 saturated heterocycles. The summed E-state index contributed by atoms with van der Waals surface area (Å²) in [6, 6.07) is 0. The van der Waals surface area contributed by atoms with Gasteiger partial charge in [0.2, 0.25) is 0 Å². The number of ether oxygens (including phenoxy) is 1. The van der Waals surface area contributed by atoms with Gasteiger partial charge in [-0.1, -0.05) is 48.5 Å². The van der Waals surface area contributed by atoms with Crippen LogP contribution in [0, 0.1) is 55.7 Å². The van der Waals surface area contributed by atoms with Gasteiger partial charge in [0.15, 0.2) is 0 Å². The van der Waals surface area contributed by atoms with E-state index in [4.69, 9.17) is 4.74 Å². The molecule has 0 N–H and O–H groups in total. The maximum Gasteiger partial charge on any atom is 0.302 e. The highest BCUT2D eigenvalue weighted by atomic mass is 16.5. The van der Waals surface area contributed by atoms with E-state index >= 15 is 0 Å². The predicted molar refractivity (Wildman–Crippen MR) is 138 cm³/mol. The van der Waals surface area contributed by atoms with Crippen LogP contribution in [0.4, 0.5) is 0 Å². The molecule has 2 nitrogen and oxygen atoms in total. The van der Waals surface area contributed by atoms with Crippen LogP contribution in [0.15, 0.2) is 0 Å². The van der Waals surface area contributed by atoms with Crippen molar-refractivity contribution >= 4 is 5.97 Å². The number of hydrogen-bond donors (Lipinski definition) is 0. The monoisotopic (exact) mass is 468 g/mol. The maximum absolute atomic E-state index is 11.9. The summed E-state index contributed by atoms with van der Waals surface area (Å²) in [5, 5.41) is 0. The first-order valence-corrected chi connectivity index (χ1v) is 14.8. The SMILES string of the molecule is CC(=O)OC1CCC2(C)C(CCC3(C)C2CCC2C3(C)CCC34CCC(C)(C)CC23C4)C1(C)C. The van der Waals surface area contributed by atoms with E-state index < -0.39 is 0 Å². The van der Waals surface area contributed by atoms with Gasteiger partial charge < -0.3 is 4.74 Å². The fourth-order valence-corrected chi connectivity index (χ4v) is 12.9. The molecule has 0 bridgehead atoms. The standard InChI is InChI=1S/C32H52O2/c1-21(33)34-25-12-13-28(6)22(27(25,4)5)11-14-29(7)23(28)9-10-24-30(29,8)16-18-31-17-15-26(2,3)19-32(24,31)20-31/h22-25H,9-20H2,1-8H3. The van der Waals surface area contributed by atoms with Crippen LogP contribution in [-0.2, 0) is 9.53 Å². The molecule has 0 heterocycles. The van der Waals surface area contributed by atoms with Crippen molar-refractivity contribution in [1.29, 1.82) is 0 Å². The molecule has 192 valence electrons. The van der Waals surface area contributed by atoms with Crippen molar-refractivity contribution < 1.29 is 9.53 Å². The second-order valence-corrected chi connectivity index (χ2v) is 16.5. The van der Waals surface area contributed by atoms with E-state index in [1.165, 1.54) is 64.2 Å². The van der Waals surface area contributed by atoms with Crippen LogP contribution in [-0.4, -0.2) is 12.1 Å². The Morgan fingerprint density at radius 1 is 0.676 bits per heavy atom. The minimum atomic E-state index is -0.0971. The Balaban J connectivity index is 1.35. The average molecular weight is 469 g/mol. The Hall–Kier alpha value is -0.530. The maximum atomic E-state index is 11.9. The highest BCUT2D eigenvalue weighted by molar-refractivity contribution is 5.66. The average Bonchev–Trinajstić information content (AvgIpc) is 3.39. The minimum Gasteiger partial charge on any atom is -0.462 e. The van der Waals surface area contributed by atoms with Crippen molar-refractivity contribution in [3.63, 3.8) is 0 Å². The highest BCUT2D eigenvalue weighted by Gasteiger charge is 2.80. The third-order valence-corrected chi connectivity index (χ3v) is 14.6. The van der Waals surface area contributed by atoms with E-state index in [0.717, 1.165) is 23.7 Å². The van der Waals surface area contributed by atoms with Crippen molar-refractivity contribution in [3.8, 4) is 0 Å². The molecule has 9 atom stereocenters. The van der Waals surface area contributed by atoms with Gasteiger partial charge in [0.1, 0.15) is 6.10 Å². The van der Waals surface area contributed by atoms with Gasteiger partial charge in [-0.15, -0.1) is 0 Å². The number of carbonyl (C=O) groups is 1. The largest absolute Gasteiger partial charge is 0.462 e. The lowest BCUT2D eigenvalue weighted by molar-refractivity contribution is -0.248. The first kappa shape index (κ1) is 23.8. The second-order valence-electron chi connectivity index (χ2n) is 16.5. The molecule has 6 fully saturated rings. The van der Waals surface area contributed by atoms with Gasteiger partial charge in [-0.05, 0) is 127 Å². The van der Waals surface area contributed by atoms with Gasteiger partial charge >= 0.3 is 5.97 Å². The van der Waals surface area contributed by atoms with Gasteiger partial charge in [0.05, 0.1) is 0 Å². The minimum absolute atomic E-state index is 0.0715. The van der Waals surface area contributed by atoms with E-state index in [9.17, 15) is 4.79 Å². The Morgan fingerprint density at radius 2 is 1.32 bits per heavy atom. The molecule has 34 heavy (non-hydrogen) atoms. The summed E-state index contributed by atoms with van der Waals surface area (Å²) >= 11 is 0. The number of carbonyl (C=O) groups excluding carboxylic acids is 1. The number of fused-ring (bicyclic) bond motifs is 5. The molecule has 0 amide bonds. The van der Waals surface area contributed by atoms with Gasteiger partial charge in [-0.2, -0.15) is 0 Å². The summed E-state index contributed by atoms with van der Waals surface area (Å²) in [4.78, 5) is 11.9. The van der Waals surface area contributed by atoms with Crippen molar-refractivity contribution in [2.24, 2.45) is 55.7 Å². The van der Waals surface area contributed by atoms with Crippen LogP contribution in [0.2, 0.25) is 0 Å². The molecule has 6 aliphatic rings. The van der Waals surface area contributed by atoms with Crippen molar-refractivity contribution in [2.45, 2.75) is 139 Å².